The molecular formula is C13H12ClFN2O3. The van der Waals surface area contributed by atoms with Gasteiger partial charge in [0.2, 0.25) is 17.7 Å². The number of anilines is 1. The van der Waals surface area contributed by atoms with Gasteiger partial charge in [-0.3, -0.25) is 19.3 Å². The Morgan fingerprint density at radius 3 is 2.55 bits per heavy atom. The molecule has 0 saturated carbocycles. The Bertz CT molecular complexity index is 561. The summed E-state index contributed by atoms with van der Waals surface area (Å²) in [5, 5.41) is 2.59. The minimum absolute atomic E-state index is 0.0226. The van der Waals surface area contributed by atoms with Gasteiger partial charge in [-0.15, -0.1) is 0 Å². The Hall–Kier alpha value is -1.95. The van der Waals surface area contributed by atoms with Crippen molar-refractivity contribution in [1.29, 1.82) is 0 Å². The van der Waals surface area contributed by atoms with E-state index < -0.39 is 11.7 Å². The zero-order valence-corrected chi connectivity index (χ0v) is 11.2. The predicted molar refractivity (Wildman–Crippen MR) is 70.6 cm³/mol. The number of benzene rings is 1. The van der Waals surface area contributed by atoms with Gasteiger partial charge in [-0.1, -0.05) is 11.6 Å². The molecule has 106 valence electrons. The Labute approximate surface area is 119 Å². The Balaban J connectivity index is 1.89. The van der Waals surface area contributed by atoms with Crippen molar-refractivity contribution in [2.24, 2.45) is 0 Å². The fraction of sp³-hybridized carbons (Fsp3) is 0.308. The number of nitrogens with one attached hydrogen (secondary N) is 1. The average molecular weight is 299 g/mol. The molecule has 0 spiro atoms. The number of rotatable bonds is 4. The van der Waals surface area contributed by atoms with Crippen molar-refractivity contribution >= 4 is 35.0 Å². The molecule has 2 rings (SSSR count). The molecule has 1 saturated heterocycles. The van der Waals surface area contributed by atoms with Gasteiger partial charge in [-0.05, 0) is 18.2 Å². The maximum Gasteiger partial charge on any atom is 0.229 e. The van der Waals surface area contributed by atoms with E-state index in [1.165, 1.54) is 12.1 Å². The first-order valence-electron chi connectivity index (χ1n) is 6.05. The van der Waals surface area contributed by atoms with Crippen molar-refractivity contribution in [3.05, 3.63) is 29.0 Å². The molecule has 1 N–H and O–H groups in total. The Morgan fingerprint density at radius 2 is 1.95 bits per heavy atom. The monoisotopic (exact) mass is 298 g/mol. The fourth-order valence-electron chi connectivity index (χ4n) is 1.89. The lowest BCUT2D eigenvalue weighted by Crippen LogP contribution is -2.32. The molecule has 0 atom stereocenters. The van der Waals surface area contributed by atoms with Crippen molar-refractivity contribution in [3.8, 4) is 0 Å². The SMILES string of the molecule is O=C(CCN1C(=O)CCC1=O)Nc1ccc(F)cc1Cl. The molecule has 0 aromatic heterocycles. The summed E-state index contributed by atoms with van der Waals surface area (Å²) in [7, 11) is 0. The Kier molecular flexibility index (Phi) is 4.34. The first kappa shape index (κ1) is 14.5. The van der Waals surface area contributed by atoms with Crippen LogP contribution in [0.3, 0.4) is 0 Å². The van der Waals surface area contributed by atoms with E-state index >= 15 is 0 Å². The second-order valence-electron chi connectivity index (χ2n) is 4.36. The second-order valence-corrected chi connectivity index (χ2v) is 4.77. The third kappa shape index (κ3) is 3.33. The van der Waals surface area contributed by atoms with Gasteiger partial charge in [-0.2, -0.15) is 0 Å². The summed E-state index contributed by atoms with van der Waals surface area (Å²) in [6.07, 6.45) is 0.375. The number of halogens is 2. The highest BCUT2D eigenvalue weighted by atomic mass is 35.5. The molecule has 1 heterocycles. The van der Waals surface area contributed by atoms with Gasteiger partial charge in [0.05, 0.1) is 10.7 Å². The van der Waals surface area contributed by atoms with Crippen LogP contribution in [0.2, 0.25) is 5.02 Å². The molecule has 1 aliphatic rings. The van der Waals surface area contributed by atoms with E-state index in [-0.39, 0.29) is 48.3 Å². The van der Waals surface area contributed by atoms with Gasteiger partial charge in [0.1, 0.15) is 5.82 Å². The minimum Gasteiger partial charge on any atom is -0.325 e. The van der Waals surface area contributed by atoms with Gasteiger partial charge in [0.25, 0.3) is 0 Å². The lowest BCUT2D eigenvalue weighted by Gasteiger charge is -2.13. The number of likely N-dealkylation sites (tertiary alicyclic amines) is 1. The van der Waals surface area contributed by atoms with Crippen LogP contribution >= 0.6 is 11.6 Å². The maximum absolute atomic E-state index is 12.8. The highest BCUT2D eigenvalue weighted by molar-refractivity contribution is 6.33. The van der Waals surface area contributed by atoms with Crippen LogP contribution in [0.4, 0.5) is 10.1 Å². The van der Waals surface area contributed by atoms with Crippen LogP contribution in [0.5, 0.6) is 0 Å². The van der Waals surface area contributed by atoms with Gasteiger partial charge >= 0.3 is 0 Å². The third-order valence-corrected chi connectivity index (χ3v) is 3.24. The number of nitrogens with zero attached hydrogens (tertiary/aromatic N) is 1. The summed E-state index contributed by atoms with van der Waals surface area (Å²) >= 11 is 5.77. The minimum atomic E-state index is -0.499. The van der Waals surface area contributed by atoms with Crippen LogP contribution in [-0.4, -0.2) is 29.2 Å². The molecule has 1 aliphatic heterocycles. The fourth-order valence-corrected chi connectivity index (χ4v) is 2.10. The van der Waals surface area contributed by atoms with Crippen LogP contribution in [0.1, 0.15) is 19.3 Å². The molecule has 20 heavy (non-hydrogen) atoms. The third-order valence-electron chi connectivity index (χ3n) is 2.92. The average Bonchev–Trinajstić information content (AvgIpc) is 2.70. The van der Waals surface area contributed by atoms with Crippen LogP contribution in [0.15, 0.2) is 18.2 Å². The van der Waals surface area contributed by atoms with E-state index in [9.17, 15) is 18.8 Å². The summed E-state index contributed by atoms with van der Waals surface area (Å²) in [6, 6.07) is 3.61. The molecule has 0 bridgehead atoms. The Morgan fingerprint density at radius 1 is 1.30 bits per heavy atom. The van der Waals surface area contributed by atoms with Crippen molar-refractivity contribution in [3.63, 3.8) is 0 Å². The molecule has 0 unspecified atom stereocenters. The number of imide groups is 1. The van der Waals surface area contributed by atoms with Gasteiger partial charge in [-0.25, -0.2) is 4.39 Å². The number of amides is 3. The van der Waals surface area contributed by atoms with E-state index in [2.05, 4.69) is 5.32 Å². The molecule has 0 aliphatic carbocycles. The molecule has 5 nitrogen and oxygen atoms in total. The predicted octanol–water partition coefficient (Wildman–Crippen LogP) is 1.96. The molecule has 1 aromatic rings. The highest BCUT2D eigenvalue weighted by Crippen LogP contribution is 2.22. The second kappa shape index (κ2) is 6.00. The zero-order chi connectivity index (χ0) is 14.7. The largest absolute Gasteiger partial charge is 0.325 e. The highest BCUT2D eigenvalue weighted by Gasteiger charge is 2.28. The van der Waals surface area contributed by atoms with E-state index in [1.54, 1.807) is 0 Å². The normalized spacial score (nSPS) is 14.8. The van der Waals surface area contributed by atoms with Gasteiger partial charge in [0.15, 0.2) is 0 Å². The summed E-state index contributed by atoms with van der Waals surface area (Å²) < 4.78 is 12.8. The number of carbonyl (C=O) groups excluding carboxylic acids is 3. The quantitative estimate of drug-likeness (QED) is 0.864. The summed E-state index contributed by atoms with van der Waals surface area (Å²) in [4.78, 5) is 35.5. The summed E-state index contributed by atoms with van der Waals surface area (Å²) in [6.45, 7) is 0.0440. The van der Waals surface area contributed by atoms with Gasteiger partial charge in [0, 0.05) is 25.8 Å². The van der Waals surface area contributed by atoms with E-state index in [0.29, 0.717) is 0 Å². The van der Waals surface area contributed by atoms with Gasteiger partial charge < -0.3 is 5.32 Å². The van der Waals surface area contributed by atoms with Crippen molar-refractivity contribution in [2.45, 2.75) is 19.3 Å². The van der Waals surface area contributed by atoms with Crippen LogP contribution < -0.4 is 5.32 Å². The van der Waals surface area contributed by atoms with E-state index in [1.807, 2.05) is 0 Å². The first-order valence-corrected chi connectivity index (χ1v) is 6.43. The molecule has 7 heteroatoms. The standard InChI is InChI=1S/C13H12ClFN2O3/c14-9-7-8(15)1-2-10(9)16-11(18)5-6-17-12(19)3-4-13(17)20/h1-2,7H,3-6H2,(H,16,18). The first-order chi connectivity index (χ1) is 9.47. The number of carbonyl (C=O) groups is 3. The van der Waals surface area contributed by atoms with Crippen LogP contribution in [-0.2, 0) is 14.4 Å². The zero-order valence-electron chi connectivity index (χ0n) is 10.5. The number of hydrogen-bond acceptors (Lipinski definition) is 3. The molecule has 3 amide bonds. The van der Waals surface area contributed by atoms with Crippen molar-refractivity contribution in [1.82, 2.24) is 4.90 Å². The smallest absolute Gasteiger partial charge is 0.229 e. The van der Waals surface area contributed by atoms with Crippen LogP contribution in [0, 0.1) is 5.82 Å². The molecule has 0 radical (unpaired) electrons. The topological polar surface area (TPSA) is 66.5 Å². The van der Waals surface area contributed by atoms with E-state index in [4.69, 9.17) is 11.6 Å². The van der Waals surface area contributed by atoms with Crippen molar-refractivity contribution in [2.75, 3.05) is 11.9 Å². The summed E-state index contributed by atoms with van der Waals surface area (Å²) in [5.41, 5.74) is 0.289. The lowest BCUT2D eigenvalue weighted by molar-refractivity contribution is -0.138. The molecular weight excluding hydrogens is 287 g/mol. The molecule has 1 fully saturated rings. The van der Waals surface area contributed by atoms with E-state index in [0.717, 1.165) is 11.0 Å². The number of hydrogen-bond donors (Lipinski definition) is 1. The summed E-state index contributed by atoms with van der Waals surface area (Å²) in [5.74, 6) is -1.42. The maximum atomic E-state index is 12.8. The lowest BCUT2D eigenvalue weighted by atomic mass is 10.3. The molecule has 1 aromatic carbocycles. The van der Waals surface area contributed by atoms with Crippen molar-refractivity contribution < 1.29 is 18.8 Å². The van der Waals surface area contributed by atoms with Crippen LogP contribution in [0.25, 0.3) is 0 Å².